The average molecular weight is 203 g/mol. The number of benzene rings is 1. The Morgan fingerprint density at radius 1 is 1.40 bits per heavy atom. The summed E-state index contributed by atoms with van der Waals surface area (Å²) >= 11 is 0. The Bertz CT molecular complexity index is 414. The first kappa shape index (κ1) is 10.2. The van der Waals surface area contributed by atoms with E-state index in [4.69, 9.17) is 5.73 Å². The Labute approximate surface area is 89.7 Å². The van der Waals surface area contributed by atoms with Crippen molar-refractivity contribution in [3.05, 3.63) is 30.1 Å². The van der Waals surface area contributed by atoms with E-state index in [1.807, 2.05) is 24.3 Å². The van der Waals surface area contributed by atoms with Gasteiger partial charge in [-0.05, 0) is 18.1 Å². The van der Waals surface area contributed by atoms with Gasteiger partial charge in [0.05, 0.1) is 17.1 Å². The van der Waals surface area contributed by atoms with Crippen molar-refractivity contribution in [1.82, 2.24) is 9.97 Å². The highest BCUT2D eigenvalue weighted by Gasteiger charge is 2.16. The fourth-order valence-corrected chi connectivity index (χ4v) is 1.65. The van der Waals surface area contributed by atoms with Gasteiger partial charge < -0.3 is 10.7 Å². The maximum atomic E-state index is 6.12. The average Bonchev–Trinajstić information content (AvgIpc) is 2.70. The number of aromatic nitrogens is 2. The minimum Gasteiger partial charge on any atom is -0.341 e. The summed E-state index contributed by atoms with van der Waals surface area (Å²) in [7, 11) is 0. The summed E-state index contributed by atoms with van der Waals surface area (Å²) in [5, 5.41) is 0. The number of nitrogens with one attached hydrogen (secondary N) is 1. The van der Waals surface area contributed by atoms with Crippen LogP contribution in [0.2, 0.25) is 0 Å². The molecule has 0 aliphatic carbocycles. The maximum Gasteiger partial charge on any atom is 0.124 e. The quantitative estimate of drug-likeness (QED) is 0.805. The zero-order valence-corrected chi connectivity index (χ0v) is 9.20. The molecule has 1 heterocycles. The van der Waals surface area contributed by atoms with E-state index in [-0.39, 0.29) is 6.04 Å². The van der Waals surface area contributed by atoms with Crippen molar-refractivity contribution in [2.45, 2.75) is 26.3 Å². The summed E-state index contributed by atoms with van der Waals surface area (Å²) in [4.78, 5) is 7.78. The van der Waals surface area contributed by atoms with Crippen LogP contribution in [-0.4, -0.2) is 9.97 Å². The zero-order valence-electron chi connectivity index (χ0n) is 9.20. The van der Waals surface area contributed by atoms with Gasteiger partial charge in [0.2, 0.25) is 0 Å². The number of rotatable bonds is 3. The van der Waals surface area contributed by atoms with Gasteiger partial charge in [0, 0.05) is 0 Å². The summed E-state index contributed by atoms with van der Waals surface area (Å²) in [6.45, 7) is 4.30. The molecule has 0 amide bonds. The lowest BCUT2D eigenvalue weighted by atomic mass is 10.00. The normalized spacial score (nSPS) is 15.4. The Hall–Kier alpha value is -1.35. The van der Waals surface area contributed by atoms with Crippen LogP contribution in [-0.2, 0) is 0 Å². The highest BCUT2D eigenvalue weighted by molar-refractivity contribution is 5.74. The van der Waals surface area contributed by atoms with Crippen LogP contribution >= 0.6 is 0 Å². The summed E-state index contributed by atoms with van der Waals surface area (Å²) < 4.78 is 0. The van der Waals surface area contributed by atoms with E-state index < -0.39 is 0 Å². The van der Waals surface area contributed by atoms with E-state index in [1.165, 1.54) is 0 Å². The molecule has 0 radical (unpaired) electrons. The summed E-state index contributed by atoms with van der Waals surface area (Å²) in [5.74, 6) is 1.34. The predicted octanol–water partition coefficient (Wildman–Crippen LogP) is 2.61. The van der Waals surface area contributed by atoms with Crippen molar-refractivity contribution in [2.24, 2.45) is 11.7 Å². The number of aromatic amines is 1. The van der Waals surface area contributed by atoms with E-state index in [0.717, 1.165) is 23.3 Å². The number of H-pyrrole nitrogens is 1. The van der Waals surface area contributed by atoms with Crippen LogP contribution in [0.25, 0.3) is 11.0 Å². The van der Waals surface area contributed by atoms with Crippen molar-refractivity contribution < 1.29 is 0 Å². The lowest BCUT2D eigenvalue weighted by molar-refractivity contribution is 0.442. The Morgan fingerprint density at radius 2 is 2.13 bits per heavy atom. The van der Waals surface area contributed by atoms with Crippen LogP contribution in [0, 0.1) is 5.92 Å². The third kappa shape index (κ3) is 1.88. The van der Waals surface area contributed by atoms with Crippen molar-refractivity contribution in [3.63, 3.8) is 0 Å². The standard InChI is InChI=1S/C12H17N3/c1-3-8(2)11(13)12-14-9-6-4-5-7-10(9)15-12/h4-8,11H,3,13H2,1-2H3,(H,14,15)/t8-,11-/m0/s1. The Kier molecular flexibility index (Phi) is 2.73. The smallest absolute Gasteiger partial charge is 0.124 e. The molecule has 2 aromatic rings. The summed E-state index contributed by atoms with van der Waals surface area (Å²) in [5.41, 5.74) is 8.17. The molecule has 2 rings (SSSR count). The third-order valence-electron chi connectivity index (χ3n) is 2.98. The van der Waals surface area contributed by atoms with Crippen molar-refractivity contribution in [3.8, 4) is 0 Å². The van der Waals surface area contributed by atoms with E-state index >= 15 is 0 Å². The van der Waals surface area contributed by atoms with Gasteiger partial charge in [0.25, 0.3) is 0 Å². The first-order chi connectivity index (χ1) is 7.22. The molecule has 3 N–H and O–H groups in total. The second kappa shape index (κ2) is 4.03. The molecule has 0 saturated carbocycles. The molecule has 0 unspecified atom stereocenters. The molecule has 80 valence electrons. The van der Waals surface area contributed by atoms with Crippen LogP contribution in [0.15, 0.2) is 24.3 Å². The van der Waals surface area contributed by atoms with Crippen LogP contribution in [0.5, 0.6) is 0 Å². The van der Waals surface area contributed by atoms with Gasteiger partial charge in [0.1, 0.15) is 5.82 Å². The molecular formula is C12H17N3. The molecule has 15 heavy (non-hydrogen) atoms. The van der Waals surface area contributed by atoms with Crippen LogP contribution in [0.4, 0.5) is 0 Å². The molecule has 0 spiro atoms. The largest absolute Gasteiger partial charge is 0.341 e. The highest BCUT2D eigenvalue weighted by atomic mass is 15.0. The topological polar surface area (TPSA) is 54.7 Å². The number of hydrogen-bond donors (Lipinski definition) is 2. The summed E-state index contributed by atoms with van der Waals surface area (Å²) in [6, 6.07) is 8.01. The molecule has 0 fully saturated rings. The van der Waals surface area contributed by atoms with E-state index in [0.29, 0.717) is 5.92 Å². The fourth-order valence-electron chi connectivity index (χ4n) is 1.65. The first-order valence-electron chi connectivity index (χ1n) is 5.42. The Balaban J connectivity index is 2.36. The molecule has 0 aliphatic rings. The zero-order chi connectivity index (χ0) is 10.8. The van der Waals surface area contributed by atoms with Gasteiger partial charge in [-0.1, -0.05) is 32.4 Å². The molecule has 3 nitrogen and oxygen atoms in total. The summed E-state index contributed by atoms with van der Waals surface area (Å²) in [6.07, 6.45) is 1.07. The molecule has 1 aromatic heterocycles. The van der Waals surface area contributed by atoms with Crippen molar-refractivity contribution in [2.75, 3.05) is 0 Å². The molecule has 1 aromatic carbocycles. The number of fused-ring (bicyclic) bond motifs is 1. The van der Waals surface area contributed by atoms with Crippen LogP contribution in [0.3, 0.4) is 0 Å². The minimum atomic E-state index is 0.00222. The number of nitrogens with two attached hydrogens (primary N) is 1. The number of hydrogen-bond acceptors (Lipinski definition) is 2. The van der Waals surface area contributed by atoms with Gasteiger partial charge in [-0.2, -0.15) is 0 Å². The maximum absolute atomic E-state index is 6.12. The third-order valence-corrected chi connectivity index (χ3v) is 2.98. The predicted molar refractivity (Wildman–Crippen MR) is 62.5 cm³/mol. The van der Waals surface area contributed by atoms with Crippen molar-refractivity contribution >= 4 is 11.0 Å². The lowest BCUT2D eigenvalue weighted by Gasteiger charge is -2.15. The second-order valence-corrected chi connectivity index (χ2v) is 4.05. The number of nitrogens with zero attached hydrogens (tertiary/aromatic N) is 1. The molecular weight excluding hydrogens is 186 g/mol. The lowest BCUT2D eigenvalue weighted by Crippen LogP contribution is -2.19. The van der Waals surface area contributed by atoms with Crippen LogP contribution in [0.1, 0.15) is 32.1 Å². The minimum absolute atomic E-state index is 0.00222. The van der Waals surface area contributed by atoms with Gasteiger partial charge in [0.15, 0.2) is 0 Å². The van der Waals surface area contributed by atoms with E-state index in [2.05, 4.69) is 23.8 Å². The Morgan fingerprint density at radius 3 is 2.80 bits per heavy atom. The molecule has 0 saturated heterocycles. The SMILES string of the molecule is CC[C@H](C)[C@H](N)c1nc2ccccc2[nH]1. The number of imidazole rings is 1. The fraction of sp³-hybridized carbons (Fsp3) is 0.417. The number of para-hydroxylation sites is 2. The monoisotopic (exact) mass is 203 g/mol. The molecule has 2 atom stereocenters. The van der Waals surface area contributed by atoms with Gasteiger partial charge in [-0.25, -0.2) is 4.98 Å². The first-order valence-corrected chi connectivity index (χ1v) is 5.42. The van der Waals surface area contributed by atoms with Crippen molar-refractivity contribution in [1.29, 1.82) is 0 Å². The van der Waals surface area contributed by atoms with Gasteiger partial charge in [-0.15, -0.1) is 0 Å². The van der Waals surface area contributed by atoms with Crippen LogP contribution < -0.4 is 5.73 Å². The van der Waals surface area contributed by atoms with E-state index in [9.17, 15) is 0 Å². The molecule has 0 aliphatic heterocycles. The second-order valence-electron chi connectivity index (χ2n) is 4.05. The van der Waals surface area contributed by atoms with Gasteiger partial charge >= 0.3 is 0 Å². The van der Waals surface area contributed by atoms with E-state index in [1.54, 1.807) is 0 Å². The van der Waals surface area contributed by atoms with Gasteiger partial charge in [-0.3, -0.25) is 0 Å². The highest BCUT2D eigenvalue weighted by Crippen LogP contribution is 2.21. The molecule has 0 bridgehead atoms. The molecule has 3 heteroatoms.